The second-order valence-electron chi connectivity index (χ2n) is 5.40. The van der Waals surface area contributed by atoms with Gasteiger partial charge in [-0.2, -0.15) is 4.98 Å². The van der Waals surface area contributed by atoms with Crippen LogP contribution in [0, 0.1) is 0 Å². The standard InChI is InChI=1S/C16H19N3O3/c1-3-4-14-17-16(22-18-14)11-9-15(20)19(10-11)12-5-7-13(21-2)8-6-12/h5-8,11H,3-4,9-10H2,1-2H3. The number of amides is 1. The van der Waals surface area contributed by atoms with Crippen molar-refractivity contribution in [1.29, 1.82) is 0 Å². The lowest BCUT2D eigenvalue weighted by Crippen LogP contribution is -2.24. The summed E-state index contributed by atoms with van der Waals surface area (Å²) in [5, 5.41) is 3.96. The van der Waals surface area contributed by atoms with Gasteiger partial charge in [0, 0.05) is 25.1 Å². The van der Waals surface area contributed by atoms with Crippen LogP contribution in [0.2, 0.25) is 0 Å². The number of methoxy groups -OCH3 is 1. The first kappa shape index (κ1) is 14.6. The molecule has 2 heterocycles. The first-order chi connectivity index (χ1) is 10.7. The van der Waals surface area contributed by atoms with Crippen molar-refractivity contribution in [3.8, 4) is 5.75 Å². The average molecular weight is 301 g/mol. The fraction of sp³-hybridized carbons (Fsp3) is 0.438. The van der Waals surface area contributed by atoms with Gasteiger partial charge in [0.05, 0.1) is 13.0 Å². The first-order valence-electron chi connectivity index (χ1n) is 7.48. The van der Waals surface area contributed by atoms with E-state index >= 15 is 0 Å². The van der Waals surface area contributed by atoms with Crippen LogP contribution in [0.4, 0.5) is 5.69 Å². The van der Waals surface area contributed by atoms with Crippen molar-refractivity contribution in [3.05, 3.63) is 36.0 Å². The third-order valence-electron chi connectivity index (χ3n) is 3.82. The molecule has 1 aromatic heterocycles. The molecule has 0 spiro atoms. The van der Waals surface area contributed by atoms with Crippen molar-refractivity contribution in [2.75, 3.05) is 18.6 Å². The van der Waals surface area contributed by atoms with Crippen molar-refractivity contribution < 1.29 is 14.1 Å². The Morgan fingerprint density at radius 1 is 1.36 bits per heavy atom. The van der Waals surface area contributed by atoms with Gasteiger partial charge in [-0.3, -0.25) is 4.79 Å². The van der Waals surface area contributed by atoms with E-state index < -0.39 is 0 Å². The topological polar surface area (TPSA) is 68.5 Å². The number of ether oxygens (including phenoxy) is 1. The Kier molecular flexibility index (Phi) is 4.09. The maximum absolute atomic E-state index is 12.3. The van der Waals surface area contributed by atoms with Crippen LogP contribution in [0.15, 0.2) is 28.8 Å². The van der Waals surface area contributed by atoms with E-state index in [2.05, 4.69) is 17.1 Å². The van der Waals surface area contributed by atoms with Crippen LogP contribution >= 0.6 is 0 Å². The van der Waals surface area contributed by atoms with Gasteiger partial charge in [-0.25, -0.2) is 0 Å². The molecule has 1 aromatic carbocycles. The number of carbonyl (C=O) groups excluding carboxylic acids is 1. The second kappa shape index (κ2) is 6.17. The molecule has 116 valence electrons. The van der Waals surface area contributed by atoms with Crippen LogP contribution in [0.1, 0.15) is 37.4 Å². The number of aryl methyl sites for hydroxylation is 1. The van der Waals surface area contributed by atoms with Gasteiger partial charge in [-0.05, 0) is 30.7 Å². The number of nitrogens with zero attached hydrogens (tertiary/aromatic N) is 3. The van der Waals surface area contributed by atoms with Gasteiger partial charge >= 0.3 is 0 Å². The summed E-state index contributed by atoms with van der Waals surface area (Å²) in [6.45, 7) is 2.64. The summed E-state index contributed by atoms with van der Waals surface area (Å²) in [7, 11) is 1.62. The van der Waals surface area contributed by atoms with Crippen LogP contribution in [-0.4, -0.2) is 29.7 Å². The summed E-state index contributed by atoms with van der Waals surface area (Å²) in [5.74, 6) is 2.09. The Hall–Kier alpha value is -2.37. The molecule has 6 heteroatoms. The van der Waals surface area contributed by atoms with Crippen molar-refractivity contribution in [1.82, 2.24) is 10.1 Å². The molecule has 22 heavy (non-hydrogen) atoms. The summed E-state index contributed by atoms with van der Waals surface area (Å²) in [6, 6.07) is 7.47. The third-order valence-corrected chi connectivity index (χ3v) is 3.82. The van der Waals surface area contributed by atoms with E-state index in [1.165, 1.54) is 0 Å². The number of rotatable bonds is 5. The summed E-state index contributed by atoms with van der Waals surface area (Å²) in [6.07, 6.45) is 2.17. The highest BCUT2D eigenvalue weighted by Gasteiger charge is 2.35. The number of anilines is 1. The smallest absolute Gasteiger partial charge is 0.232 e. The minimum absolute atomic E-state index is 0.0345. The summed E-state index contributed by atoms with van der Waals surface area (Å²) >= 11 is 0. The molecular weight excluding hydrogens is 282 g/mol. The van der Waals surface area contributed by atoms with Crippen molar-refractivity contribution in [2.45, 2.75) is 32.1 Å². The molecule has 0 radical (unpaired) electrons. The zero-order chi connectivity index (χ0) is 15.5. The lowest BCUT2D eigenvalue weighted by Gasteiger charge is -2.16. The Morgan fingerprint density at radius 3 is 2.82 bits per heavy atom. The Morgan fingerprint density at radius 2 is 2.14 bits per heavy atom. The fourth-order valence-electron chi connectivity index (χ4n) is 2.64. The number of benzene rings is 1. The highest BCUT2D eigenvalue weighted by Crippen LogP contribution is 2.31. The molecule has 1 saturated heterocycles. The van der Waals surface area contributed by atoms with E-state index in [0.29, 0.717) is 24.7 Å². The van der Waals surface area contributed by atoms with E-state index in [-0.39, 0.29) is 11.8 Å². The molecule has 1 unspecified atom stereocenters. The minimum Gasteiger partial charge on any atom is -0.497 e. The van der Waals surface area contributed by atoms with Gasteiger partial charge in [-0.1, -0.05) is 12.1 Å². The molecule has 0 bridgehead atoms. The molecule has 2 aromatic rings. The average Bonchev–Trinajstić information content (AvgIpc) is 3.14. The predicted octanol–water partition coefficient (Wildman–Crippen LogP) is 2.55. The summed E-state index contributed by atoms with van der Waals surface area (Å²) < 4.78 is 10.4. The monoisotopic (exact) mass is 301 g/mol. The molecule has 1 aliphatic heterocycles. The van der Waals surface area contributed by atoms with Gasteiger partial charge in [0.1, 0.15) is 5.75 Å². The fourth-order valence-corrected chi connectivity index (χ4v) is 2.64. The van der Waals surface area contributed by atoms with Crippen molar-refractivity contribution >= 4 is 11.6 Å². The Labute approximate surface area is 129 Å². The Balaban J connectivity index is 1.74. The summed E-state index contributed by atoms with van der Waals surface area (Å²) in [5.41, 5.74) is 0.863. The zero-order valence-electron chi connectivity index (χ0n) is 12.8. The molecule has 0 saturated carbocycles. The highest BCUT2D eigenvalue weighted by atomic mass is 16.5. The molecule has 6 nitrogen and oxygen atoms in total. The number of hydrogen-bond donors (Lipinski definition) is 0. The lowest BCUT2D eigenvalue weighted by molar-refractivity contribution is -0.117. The largest absolute Gasteiger partial charge is 0.497 e. The van der Waals surface area contributed by atoms with E-state index in [4.69, 9.17) is 9.26 Å². The van der Waals surface area contributed by atoms with E-state index in [0.717, 1.165) is 24.3 Å². The van der Waals surface area contributed by atoms with Gasteiger partial charge < -0.3 is 14.2 Å². The molecule has 1 amide bonds. The molecule has 1 fully saturated rings. The van der Waals surface area contributed by atoms with Gasteiger partial charge in [-0.15, -0.1) is 0 Å². The quantitative estimate of drug-likeness (QED) is 0.849. The molecule has 3 rings (SSSR count). The highest BCUT2D eigenvalue weighted by molar-refractivity contribution is 5.96. The number of aromatic nitrogens is 2. The molecular formula is C16H19N3O3. The second-order valence-corrected chi connectivity index (χ2v) is 5.40. The molecule has 0 N–H and O–H groups in total. The normalized spacial score (nSPS) is 18.0. The molecule has 1 aliphatic rings. The minimum atomic E-state index is -0.0345. The van der Waals surface area contributed by atoms with E-state index in [9.17, 15) is 4.79 Å². The number of carbonyl (C=O) groups is 1. The van der Waals surface area contributed by atoms with Gasteiger partial charge in [0.25, 0.3) is 0 Å². The van der Waals surface area contributed by atoms with Crippen LogP contribution in [0.5, 0.6) is 5.75 Å². The Bertz CT molecular complexity index is 651. The van der Waals surface area contributed by atoms with Gasteiger partial charge in [0.15, 0.2) is 5.82 Å². The van der Waals surface area contributed by atoms with Crippen molar-refractivity contribution in [3.63, 3.8) is 0 Å². The predicted molar refractivity (Wildman–Crippen MR) is 81.0 cm³/mol. The molecule has 0 aliphatic carbocycles. The SMILES string of the molecule is CCCc1noc(C2CC(=O)N(c3ccc(OC)cc3)C2)n1. The van der Waals surface area contributed by atoms with Crippen LogP contribution in [0.25, 0.3) is 0 Å². The lowest BCUT2D eigenvalue weighted by atomic mass is 10.1. The van der Waals surface area contributed by atoms with Crippen LogP contribution in [-0.2, 0) is 11.2 Å². The van der Waals surface area contributed by atoms with Crippen molar-refractivity contribution in [2.24, 2.45) is 0 Å². The van der Waals surface area contributed by atoms with E-state index in [1.54, 1.807) is 12.0 Å². The molecule has 1 atom stereocenters. The zero-order valence-corrected chi connectivity index (χ0v) is 12.8. The van der Waals surface area contributed by atoms with E-state index in [1.807, 2.05) is 24.3 Å². The van der Waals surface area contributed by atoms with Crippen LogP contribution in [0.3, 0.4) is 0 Å². The maximum atomic E-state index is 12.3. The maximum Gasteiger partial charge on any atom is 0.232 e. The van der Waals surface area contributed by atoms with Gasteiger partial charge in [0.2, 0.25) is 11.8 Å². The third kappa shape index (κ3) is 2.81. The number of hydrogen-bond acceptors (Lipinski definition) is 5. The first-order valence-corrected chi connectivity index (χ1v) is 7.48. The van der Waals surface area contributed by atoms with Crippen LogP contribution < -0.4 is 9.64 Å². The summed E-state index contributed by atoms with van der Waals surface area (Å²) in [4.78, 5) is 18.4.